The first-order chi connectivity index (χ1) is 7.92. The first-order valence-electron chi connectivity index (χ1n) is 7.67. The molecule has 3 atom stereocenters. The Morgan fingerprint density at radius 3 is 2.24 bits per heavy atom. The van der Waals surface area contributed by atoms with Gasteiger partial charge in [-0.3, -0.25) is 0 Å². The molecule has 0 saturated heterocycles. The molecule has 102 valence electrons. The summed E-state index contributed by atoms with van der Waals surface area (Å²) in [7, 11) is 0. The molecule has 1 fully saturated rings. The van der Waals surface area contributed by atoms with E-state index in [1.165, 1.54) is 45.1 Å². The van der Waals surface area contributed by atoms with E-state index < -0.39 is 0 Å². The molecule has 1 saturated carbocycles. The summed E-state index contributed by atoms with van der Waals surface area (Å²) in [6, 6.07) is 0. The molecule has 0 aromatic heterocycles. The lowest BCUT2D eigenvalue weighted by Crippen LogP contribution is -2.39. The highest BCUT2D eigenvalue weighted by Crippen LogP contribution is 2.36. The third-order valence-corrected chi connectivity index (χ3v) is 4.28. The second-order valence-electron chi connectivity index (χ2n) is 7.18. The van der Waals surface area contributed by atoms with Gasteiger partial charge in [-0.25, -0.2) is 0 Å². The van der Waals surface area contributed by atoms with Crippen molar-refractivity contribution in [2.24, 2.45) is 17.8 Å². The topological polar surface area (TPSA) is 12.0 Å². The van der Waals surface area contributed by atoms with Crippen LogP contribution in [0.5, 0.6) is 0 Å². The fourth-order valence-electron chi connectivity index (χ4n) is 3.21. The molecule has 1 rings (SSSR count). The average Bonchev–Trinajstić information content (AvgIpc) is 2.26. The monoisotopic (exact) mass is 239 g/mol. The van der Waals surface area contributed by atoms with Crippen LogP contribution in [0.25, 0.3) is 0 Å². The smallest absolute Gasteiger partial charge is 0.00966 e. The van der Waals surface area contributed by atoms with Gasteiger partial charge in [0.05, 0.1) is 0 Å². The van der Waals surface area contributed by atoms with Gasteiger partial charge in [0.1, 0.15) is 0 Å². The highest BCUT2D eigenvalue weighted by atomic mass is 14.9. The van der Waals surface area contributed by atoms with Crippen molar-refractivity contribution >= 4 is 0 Å². The number of hydrogen-bond donors (Lipinski definition) is 1. The summed E-state index contributed by atoms with van der Waals surface area (Å²) in [6.07, 6.45) is 8.74. The third kappa shape index (κ3) is 5.90. The van der Waals surface area contributed by atoms with Crippen LogP contribution in [0.3, 0.4) is 0 Å². The predicted octanol–water partition coefficient (Wildman–Crippen LogP) is 4.62. The Balaban J connectivity index is 2.31. The van der Waals surface area contributed by atoms with E-state index in [4.69, 9.17) is 0 Å². The molecule has 1 N–H and O–H groups in total. The van der Waals surface area contributed by atoms with E-state index in [-0.39, 0.29) is 5.54 Å². The Morgan fingerprint density at radius 2 is 1.71 bits per heavy atom. The van der Waals surface area contributed by atoms with Gasteiger partial charge < -0.3 is 5.32 Å². The first-order valence-corrected chi connectivity index (χ1v) is 7.67. The third-order valence-electron chi connectivity index (χ3n) is 4.28. The molecule has 1 aliphatic carbocycles. The molecule has 0 spiro atoms. The lowest BCUT2D eigenvalue weighted by atomic mass is 9.74. The van der Waals surface area contributed by atoms with Crippen molar-refractivity contribution in [1.82, 2.24) is 5.32 Å². The molecule has 1 aliphatic rings. The molecule has 17 heavy (non-hydrogen) atoms. The summed E-state index contributed by atoms with van der Waals surface area (Å²) in [5, 5.41) is 3.64. The minimum Gasteiger partial charge on any atom is -0.312 e. The standard InChI is InChI=1S/C16H33N/c1-6-14-9-7-8-10-15(14)11-13(2)12-17-16(3,4)5/h13-15,17H,6-12H2,1-5H3. The van der Waals surface area contributed by atoms with Gasteiger partial charge in [0, 0.05) is 5.54 Å². The summed E-state index contributed by atoms with van der Waals surface area (Å²) in [5.41, 5.74) is 0.269. The van der Waals surface area contributed by atoms with Crippen molar-refractivity contribution < 1.29 is 0 Å². The molecular weight excluding hydrogens is 206 g/mol. The van der Waals surface area contributed by atoms with Gasteiger partial charge in [-0.15, -0.1) is 0 Å². The Morgan fingerprint density at radius 1 is 1.12 bits per heavy atom. The van der Waals surface area contributed by atoms with E-state index in [0.29, 0.717) is 0 Å². The van der Waals surface area contributed by atoms with Crippen molar-refractivity contribution in [2.75, 3.05) is 6.54 Å². The van der Waals surface area contributed by atoms with Crippen LogP contribution in [-0.2, 0) is 0 Å². The first kappa shape index (κ1) is 15.0. The maximum atomic E-state index is 3.64. The van der Waals surface area contributed by atoms with Crippen LogP contribution in [0.4, 0.5) is 0 Å². The lowest BCUT2D eigenvalue weighted by Gasteiger charge is -2.33. The minimum absolute atomic E-state index is 0.269. The van der Waals surface area contributed by atoms with Crippen molar-refractivity contribution in [3.63, 3.8) is 0 Å². The lowest BCUT2D eigenvalue weighted by molar-refractivity contribution is 0.190. The highest BCUT2D eigenvalue weighted by Gasteiger charge is 2.25. The molecule has 0 aromatic rings. The fraction of sp³-hybridized carbons (Fsp3) is 1.00. The van der Waals surface area contributed by atoms with Crippen molar-refractivity contribution in [3.8, 4) is 0 Å². The van der Waals surface area contributed by atoms with E-state index >= 15 is 0 Å². The molecule has 0 amide bonds. The van der Waals surface area contributed by atoms with Crippen LogP contribution in [0.15, 0.2) is 0 Å². The molecule has 0 aliphatic heterocycles. The molecule has 0 radical (unpaired) electrons. The van der Waals surface area contributed by atoms with Crippen molar-refractivity contribution in [1.29, 1.82) is 0 Å². The zero-order valence-electron chi connectivity index (χ0n) is 12.7. The van der Waals surface area contributed by atoms with Crippen molar-refractivity contribution in [2.45, 2.75) is 78.7 Å². The molecule has 3 unspecified atom stereocenters. The molecule has 1 heteroatoms. The summed E-state index contributed by atoms with van der Waals surface area (Å²) >= 11 is 0. The number of nitrogens with one attached hydrogen (secondary N) is 1. The van der Waals surface area contributed by atoms with Crippen LogP contribution in [0.1, 0.15) is 73.1 Å². The minimum atomic E-state index is 0.269. The summed E-state index contributed by atoms with van der Waals surface area (Å²) in [4.78, 5) is 0. The quantitative estimate of drug-likeness (QED) is 0.738. The van der Waals surface area contributed by atoms with Gasteiger partial charge in [0.25, 0.3) is 0 Å². The summed E-state index contributed by atoms with van der Waals surface area (Å²) < 4.78 is 0. The van der Waals surface area contributed by atoms with E-state index in [9.17, 15) is 0 Å². The van der Waals surface area contributed by atoms with Gasteiger partial charge in [0.15, 0.2) is 0 Å². The van der Waals surface area contributed by atoms with Gasteiger partial charge in [-0.05, 0) is 51.5 Å². The van der Waals surface area contributed by atoms with Crippen LogP contribution >= 0.6 is 0 Å². The Kier molecular flexibility index (Phi) is 5.99. The molecule has 0 bridgehead atoms. The van der Waals surface area contributed by atoms with Crippen LogP contribution in [0.2, 0.25) is 0 Å². The van der Waals surface area contributed by atoms with E-state index in [1.54, 1.807) is 0 Å². The fourth-order valence-corrected chi connectivity index (χ4v) is 3.21. The van der Waals surface area contributed by atoms with E-state index in [1.807, 2.05) is 0 Å². The average molecular weight is 239 g/mol. The SMILES string of the molecule is CCC1CCCCC1CC(C)CNC(C)(C)C. The Labute approximate surface area is 109 Å². The zero-order valence-corrected chi connectivity index (χ0v) is 12.7. The predicted molar refractivity (Wildman–Crippen MR) is 77.3 cm³/mol. The molecule has 1 nitrogen and oxygen atoms in total. The van der Waals surface area contributed by atoms with Crippen LogP contribution in [0, 0.1) is 17.8 Å². The summed E-state index contributed by atoms with van der Waals surface area (Å²) in [5.74, 6) is 2.85. The zero-order chi connectivity index (χ0) is 12.9. The van der Waals surface area contributed by atoms with Gasteiger partial charge >= 0.3 is 0 Å². The Bertz CT molecular complexity index is 204. The second kappa shape index (κ2) is 6.78. The van der Waals surface area contributed by atoms with Crippen molar-refractivity contribution in [3.05, 3.63) is 0 Å². The maximum absolute atomic E-state index is 3.64. The highest BCUT2D eigenvalue weighted by molar-refractivity contribution is 4.78. The van der Waals surface area contributed by atoms with Crippen LogP contribution in [-0.4, -0.2) is 12.1 Å². The van der Waals surface area contributed by atoms with E-state index in [2.05, 4.69) is 39.9 Å². The maximum Gasteiger partial charge on any atom is 0.00966 e. The van der Waals surface area contributed by atoms with Gasteiger partial charge in [-0.1, -0.05) is 46.0 Å². The number of rotatable bonds is 5. The van der Waals surface area contributed by atoms with Crippen LogP contribution < -0.4 is 5.32 Å². The second-order valence-corrected chi connectivity index (χ2v) is 7.18. The molecule has 0 heterocycles. The molecular formula is C16H33N. The van der Waals surface area contributed by atoms with Gasteiger partial charge in [0.2, 0.25) is 0 Å². The normalized spacial score (nSPS) is 28.1. The van der Waals surface area contributed by atoms with E-state index in [0.717, 1.165) is 17.8 Å². The molecule has 0 aromatic carbocycles. The Hall–Kier alpha value is -0.0400. The number of hydrogen-bond acceptors (Lipinski definition) is 1. The largest absolute Gasteiger partial charge is 0.312 e. The summed E-state index contributed by atoms with van der Waals surface area (Å²) in [6.45, 7) is 12.7. The van der Waals surface area contributed by atoms with Gasteiger partial charge in [-0.2, -0.15) is 0 Å².